The molecule has 1 heterocycles. The van der Waals surface area contributed by atoms with Gasteiger partial charge in [0, 0.05) is 29.8 Å². The second-order valence-electron chi connectivity index (χ2n) is 1.98. The zero-order valence-corrected chi connectivity index (χ0v) is 6.38. The van der Waals surface area contributed by atoms with Crippen molar-refractivity contribution >= 4 is 12.6 Å². The number of aromatic nitrogens is 1. The Bertz CT molecular complexity index is 197. The smallest absolute Gasteiger partial charge is 0.0486 e. The fraction of sp³-hybridized carbons (Fsp3) is 0.286. The summed E-state index contributed by atoms with van der Waals surface area (Å²) in [7, 11) is 0. The van der Waals surface area contributed by atoms with E-state index in [4.69, 9.17) is 5.11 Å². The number of hydrogen-bond acceptors (Lipinski definition) is 3. The second-order valence-corrected chi connectivity index (χ2v) is 2.50. The van der Waals surface area contributed by atoms with Gasteiger partial charge in [-0.3, -0.25) is 4.98 Å². The lowest BCUT2D eigenvalue weighted by atomic mass is 10.3. The Labute approximate surface area is 65.3 Å². The van der Waals surface area contributed by atoms with Crippen LogP contribution in [0.2, 0.25) is 0 Å². The molecule has 0 amide bonds. The topological polar surface area (TPSA) is 33.1 Å². The second kappa shape index (κ2) is 3.58. The van der Waals surface area contributed by atoms with E-state index in [0.29, 0.717) is 6.42 Å². The van der Waals surface area contributed by atoms with Crippen LogP contribution < -0.4 is 0 Å². The molecule has 1 N–H and O–H groups in total. The van der Waals surface area contributed by atoms with Gasteiger partial charge in [-0.25, -0.2) is 0 Å². The van der Waals surface area contributed by atoms with E-state index in [1.807, 2.05) is 12.1 Å². The molecule has 54 valence electrons. The summed E-state index contributed by atoms with van der Waals surface area (Å²) in [6.07, 6.45) is 2.29. The molecule has 0 spiro atoms. The van der Waals surface area contributed by atoms with Crippen molar-refractivity contribution < 1.29 is 5.11 Å². The van der Waals surface area contributed by atoms with E-state index in [2.05, 4.69) is 17.6 Å². The number of nitrogens with zero attached hydrogens (tertiary/aromatic N) is 1. The van der Waals surface area contributed by atoms with Crippen molar-refractivity contribution in [3.05, 3.63) is 24.0 Å². The van der Waals surface area contributed by atoms with E-state index in [1.165, 1.54) is 0 Å². The van der Waals surface area contributed by atoms with Crippen LogP contribution >= 0.6 is 12.6 Å². The lowest BCUT2D eigenvalue weighted by Crippen LogP contribution is -1.92. The number of rotatable bonds is 2. The summed E-state index contributed by atoms with van der Waals surface area (Å²) in [5, 5.41) is 8.53. The van der Waals surface area contributed by atoms with Gasteiger partial charge in [0.1, 0.15) is 0 Å². The van der Waals surface area contributed by atoms with Crippen LogP contribution in [-0.4, -0.2) is 16.7 Å². The van der Waals surface area contributed by atoms with Gasteiger partial charge in [0.15, 0.2) is 0 Å². The first-order valence-electron chi connectivity index (χ1n) is 3.07. The van der Waals surface area contributed by atoms with Gasteiger partial charge in [-0.2, -0.15) is 0 Å². The van der Waals surface area contributed by atoms with Crippen LogP contribution in [0.3, 0.4) is 0 Å². The van der Waals surface area contributed by atoms with Crippen molar-refractivity contribution in [2.75, 3.05) is 6.61 Å². The number of aliphatic hydroxyl groups is 1. The van der Waals surface area contributed by atoms with Crippen LogP contribution in [0.25, 0.3) is 0 Å². The Morgan fingerprint density at radius 2 is 2.30 bits per heavy atom. The largest absolute Gasteiger partial charge is 0.396 e. The van der Waals surface area contributed by atoms with E-state index >= 15 is 0 Å². The molecule has 10 heavy (non-hydrogen) atoms. The van der Waals surface area contributed by atoms with Crippen LogP contribution in [0.15, 0.2) is 23.2 Å². The lowest BCUT2D eigenvalue weighted by Gasteiger charge is -1.95. The van der Waals surface area contributed by atoms with Gasteiger partial charge >= 0.3 is 0 Å². The molecule has 0 bridgehead atoms. The minimum atomic E-state index is 0.152. The van der Waals surface area contributed by atoms with Crippen LogP contribution in [0, 0.1) is 0 Å². The van der Waals surface area contributed by atoms with Gasteiger partial charge in [0.05, 0.1) is 0 Å². The molecule has 2 nitrogen and oxygen atoms in total. The van der Waals surface area contributed by atoms with Crippen molar-refractivity contribution in [2.45, 2.75) is 11.3 Å². The molecule has 0 aliphatic carbocycles. The van der Waals surface area contributed by atoms with E-state index < -0.39 is 0 Å². The Hall–Kier alpha value is -0.540. The van der Waals surface area contributed by atoms with E-state index in [9.17, 15) is 0 Å². The summed E-state index contributed by atoms with van der Waals surface area (Å²) in [6, 6.07) is 3.72. The Morgan fingerprint density at radius 1 is 1.50 bits per heavy atom. The molecular formula is C7H9NOS. The minimum absolute atomic E-state index is 0.152. The zero-order chi connectivity index (χ0) is 7.40. The number of aliphatic hydroxyl groups excluding tert-OH is 1. The molecular weight excluding hydrogens is 146 g/mol. The summed E-state index contributed by atoms with van der Waals surface area (Å²) in [4.78, 5) is 4.88. The molecule has 0 saturated heterocycles. The summed E-state index contributed by atoms with van der Waals surface area (Å²) < 4.78 is 0. The highest BCUT2D eigenvalue weighted by Crippen LogP contribution is 2.03. The average molecular weight is 155 g/mol. The molecule has 3 heteroatoms. The third-order valence-corrected chi connectivity index (χ3v) is 1.44. The quantitative estimate of drug-likeness (QED) is 0.622. The molecule has 1 rings (SSSR count). The van der Waals surface area contributed by atoms with Crippen molar-refractivity contribution in [1.82, 2.24) is 4.98 Å². The maximum Gasteiger partial charge on any atom is 0.0486 e. The molecule has 0 saturated carbocycles. The maximum atomic E-state index is 8.53. The lowest BCUT2D eigenvalue weighted by molar-refractivity contribution is 0.298. The first-order chi connectivity index (χ1) is 4.83. The van der Waals surface area contributed by atoms with Gasteiger partial charge in [-0.15, -0.1) is 12.6 Å². The van der Waals surface area contributed by atoms with Crippen LogP contribution in [0.4, 0.5) is 0 Å². The predicted molar refractivity (Wildman–Crippen MR) is 42.3 cm³/mol. The fourth-order valence-corrected chi connectivity index (χ4v) is 0.811. The van der Waals surface area contributed by atoms with E-state index in [0.717, 1.165) is 10.6 Å². The van der Waals surface area contributed by atoms with Crippen molar-refractivity contribution in [3.63, 3.8) is 0 Å². The molecule has 0 aliphatic heterocycles. The fourth-order valence-electron chi connectivity index (χ4n) is 0.679. The molecule has 0 atom stereocenters. The Morgan fingerprint density at radius 3 is 2.80 bits per heavy atom. The summed E-state index contributed by atoms with van der Waals surface area (Å²) in [5.41, 5.74) is 0.903. The monoisotopic (exact) mass is 155 g/mol. The molecule has 0 unspecified atom stereocenters. The van der Waals surface area contributed by atoms with Gasteiger partial charge in [0.25, 0.3) is 0 Å². The maximum absolute atomic E-state index is 8.53. The first kappa shape index (κ1) is 7.57. The van der Waals surface area contributed by atoms with Crippen LogP contribution in [0.1, 0.15) is 5.69 Å². The molecule has 0 aromatic carbocycles. The normalized spacial score (nSPS) is 9.80. The predicted octanol–water partition coefficient (Wildman–Crippen LogP) is 0.905. The van der Waals surface area contributed by atoms with Gasteiger partial charge < -0.3 is 5.11 Å². The number of hydrogen-bond donors (Lipinski definition) is 2. The number of thiol groups is 1. The van der Waals surface area contributed by atoms with Gasteiger partial charge in [-0.05, 0) is 12.1 Å². The first-order valence-corrected chi connectivity index (χ1v) is 3.52. The summed E-state index contributed by atoms with van der Waals surface area (Å²) in [5.74, 6) is 0. The average Bonchev–Trinajstić information content (AvgIpc) is 1.95. The zero-order valence-electron chi connectivity index (χ0n) is 5.49. The third-order valence-electron chi connectivity index (χ3n) is 1.18. The number of pyridine rings is 1. The third kappa shape index (κ3) is 2.01. The molecule has 1 aromatic rings. The Balaban J connectivity index is 2.69. The highest BCUT2D eigenvalue weighted by Gasteiger charge is 1.90. The summed E-state index contributed by atoms with van der Waals surface area (Å²) in [6.45, 7) is 0.152. The minimum Gasteiger partial charge on any atom is -0.396 e. The summed E-state index contributed by atoms with van der Waals surface area (Å²) >= 11 is 4.07. The molecule has 0 aliphatic rings. The standard InChI is InChI=1S/C7H9NOS/c9-4-3-6-1-2-7(10)5-8-6/h1-2,5,9-10H,3-4H2. The molecule has 1 aromatic heterocycles. The molecule has 0 radical (unpaired) electrons. The van der Waals surface area contributed by atoms with Crippen molar-refractivity contribution in [1.29, 1.82) is 0 Å². The highest BCUT2D eigenvalue weighted by atomic mass is 32.1. The van der Waals surface area contributed by atoms with Crippen molar-refractivity contribution in [2.24, 2.45) is 0 Å². The van der Waals surface area contributed by atoms with Gasteiger partial charge in [-0.1, -0.05) is 0 Å². The van der Waals surface area contributed by atoms with Crippen LogP contribution in [0.5, 0.6) is 0 Å². The highest BCUT2D eigenvalue weighted by molar-refractivity contribution is 7.80. The van der Waals surface area contributed by atoms with Crippen molar-refractivity contribution in [3.8, 4) is 0 Å². The SMILES string of the molecule is OCCc1ccc(S)cn1. The van der Waals surface area contributed by atoms with E-state index in [1.54, 1.807) is 6.20 Å². The molecule has 0 fully saturated rings. The van der Waals surface area contributed by atoms with Gasteiger partial charge in [0.2, 0.25) is 0 Å². The Kier molecular flexibility index (Phi) is 2.71. The van der Waals surface area contributed by atoms with E-state index in [-0.39, 0.29) is 6.61 Å². The van der Waals surface area contributed by atoms with Crippen LogP contribution in [-0.2, 0) is 6.42 Å².